The van der Waals surface area contributed by atoms with Crippen LogP contribution in [0.15, 0.2) is 42.5 Å². The zero-order chi connectivity index (χ0) is 29.4. The van der Waals surface area contributed by atoms with Crippen molar-refractivity contribution < 1.29 is 32.2 Å². The average Bonchev–Trinajstić information content (AvgIpc) is 2.97. The minimum Gasteiger partial charge on any atom is -0.497 e. The minimum absolute atomic E-state index is 0.0772. The van der Waals surface area contributed by atoms with Gasteiger partial charge in [-0.3, -0.25) is 13.9 Å². The molecule has 0 bridgehead atoms. The number of ether oxygens (including phenoxy) is 3. The molecule has 11 heteroatoms. The quantitative estimate of drug-likeness (QED) is 0.401. The predicted octanol–water partition coefficient (Wildman–Crippen LogP) is 3.88. The van der Waals surface area contributed by atoms with Gasteiger partial charge in [-0.25, -0.2) is 8.42 Å². The lowest BCUT2D eigenvalue weighted by atomic mass is 9.95. The lowest BCUT2D eigenvalue weighted by Gasteiger charge is -2.31. The van der Waals surface area contributed by atoms with Gasteiger partial charge in [0.05, 0.1) is 19.1 Å². The fourth-order valence-corrected chi connectivity index (χ4v) is 6.23. The largest absolute Gasteiger partial charge is 0.497 e. The van der Waals surface area contributed by atoms with Crippen molar-refractivity contribution in [2.24, 2.45) is 0 Å². The summed E-state index contributed by atoms with van der Waals surface area (Å²) in [5.41, 5.74) is 1.31. The van der Waals surface area contributed by atoms with Crippen LogP contribution in [-0.4, -0.2) is 70.3 Å². The highest BCUT2D eigenvalue weighted by Gasteiger charge is 2.29. The van der Waals surface area contributed by atoms with Gasteiger partial charge in [-0.2, -0.15) is 0 Å². The second-order valence-corrected chi connectivity index (χ2v) is 12.6. The van der Waals surface area contributed by atoms with E-state index >= 15 is 0 Å². The van der Waals surface area contributed by atoms with Crippen LogP contribution in [0.5, 0.6) is 17.2 Å². The van der Waals surface area contributed by atoms with E-state index in [-0.39, 0.29) is 43.8 Å². The highest BCUT2D eigenvalue weighted by molar-refractivity contribution is 7.92. The van der Waals surface area contributed by atoms with Crippen LogP contribution in [0.1, 0.15) is 57.4 Å². The van der Waals surface area contributed by atoms with Crippen LogP contribution in [0, 0.1) is 0 Å². The normalized spacial score (nSPS) is 16.0. The van der Waals surface area contributed by atoms with Crippen molar-refractivity contribution >= 4 is 27.5 Å². The van der Waals surface area contributed by atoms with E-state index in [1.807, 2.05) is 24.3 Å². The van der Waals surface area contributed by atoms with Gasteiger partial charge < -0.3 is 24.4 Å². The Kier molecular flexibility index (Phi) is 10.4. The number of sulfonamides is 1. The van der Waals surface area contributed by atoms with Crippen molar-refractivity contribution in [1.29, 1.82) is 0 Å². The number of carbonyl (C=O) groups is 2. The number of nitrogens with one attached hydrogen (secondary N) is 1. The summed E-state index contributed by atoms with van der Waals surface area (Å²) in [5.74, 6) is 1.37. The van der Waals surface area contributed by atoms with Crippen LogP contribution >= 0.6 is 0 Å². The molecular weight excluding hydrogens is 546 g/mol. The summed E-state index contributed by atoms with van der Waals surface area (Å²) in [4.78, 5) is 28.4. The van der Waals surface area contributed by atoms with Crippen molar-refractivity contribution in [2.45, 2.75) is 70.5 Å². The molecule has 0 radical (unpaired) electrons. The second-order valence-electron chi connectivity index (χ2n) is 10.7. The Labute approximate surface area is 243 Å². The maximum atomic E-state index is 13.6. The van der Waals surface area contributed by atoms with E-state index in [1.54, 1.807) is 37.1 Å². The van der Waals surface area contributed by atoms with E-state index in [9.17, 15) is 18.0 Å². The third-order valence-electron chi connectivity index (χ3n) is 7.60. The number of hydrogen-bond acceptors (Lipinski definition) is 7. The Balaban J connectivity index is 1.45. The van der Waals surface area contributed by atoms with Crippen molar-refractivity contribution in [1.82, 2.24) is 10.2 Å². The molecule has 1 heterocycles. The number of methoxy groups -OCH3 is 1. The van der Waals surface area contributed by atoms with Crippen molar-refractivity contribution in [3.63, 3.8) is 0 Å². The fourth-order valence-electron chi connectivity index (χ4n) is 5.27. The molecule has 0 aromatic heterocycles. The summed E-state index contributed by atoms with van der Waals surface area (Å²) >= 11 is 0. The lowest BCUT2D eigenvalue weighted by Crippen LogP contribution is -2.50. The number of amides is 2. The molecule has 1 saturated carbocycles. The molecule has 10 nitrogen and oxygen atoms in total. The number of hydrogen-bond donors (Lipinski definition) is 1. The van der Waals surface area contributed by atoms with E-state index in [0.29, 0.717) is 36.1 Å². The number of fused-ring (bicyclic) bond motifs is 1. The zero-order valence-electron chi connectivity index (χ0n) is 24.1. The summed E-state index contributed by atoms with van der Waals surface area (Å²) in [6.07, 6.45) is 6.75. The Morgan fingerprint density at radius 2 is 1.71 bits per heavy atom. The molecule has 0 saturated heterocycles. The Bertz CT molecular complexity index is 1290. The molecule has 1 N–H and O–H groups in total. The molecule has 1 fully saturated rings. The molecule has 2 amide bonds. The highest BCUT2D eigenvalue weighted by atomic mass is 32.2. The van der Waals surface area contributed by atoms with Crippen molar-refractivity contribution in [3.8, 4) is 17.2 Å². The van der Waals surface area contributed by atoms with Crippen LogP contribution in [0.2, 0.25) is 0 Å². The summed E-state index contributed by atoms with van der Waals surface area (Å²) < 4.78 is 43.1. The number of nitrogens with zero attached hydrogens (tertiary/aromatic N) is 2. The second kappa shape index (κ2) is 13.9. The SMILES string of the molecule is COc1ccc(CN(C(=O)CCCN(c2ccc3c(c2)OCCO3)S(C)(=O)=O)[C@H](C)C(=O)NC2CCCCC2)cc1. The molecule has 2 aromatic rings. The van der Waals surface area contributed by atoms with Crippen molar-refractivity contribution in [2.75, 3.05) is 37.4 Å². The van der Waals surface area contributed by atoms with E-state index in [2.05, 4.69) is 5.32 Å². The maximum Gasteiger partial charge on any atom is 0.242 e. The summed E-state index contributed by atoms with van der Waals surface area (Å²) in [7, 11) is -2.04. The van der Waals surface area contributed by atoms with Crippen LogP contribution < -0.4 is 23.8 Å². The summed E-state index contributed by atoms with van der Waals surface area (Å²) in [6, 6.07) is 11.8. The summed E-state index contributed by atoms with van der Waals surface area (Å²) in [6.45, 7) is 2.93. The van der Waals surface area contributed by atoms with E-state index in [0.717, 1.165) is 37.5 Å². The number of anilines is 1. The first-order valence-electron chi connectivity index (χ1n) is 14.3. The smallest absolute Gasteiger partial charge is 0.242 e. The fraction of sp³-hybridized carbons (Fsp3) is 0.533. The predicted molar refractivity (Wildman–Crippen MR) is 157 cm³/mol. The number of rotatable bonds is 12. The van der Waals surface area contributed by atoms with Gasteiger partial charge in [-0.15, -0.1) is 0 Å². The van der Waals surface area contributed by atoms with E-state index < -0.39 is 16.1 Å². The van der Waals surface area contributed by atoms with Gasteiger partial charge in [-0.1, -0.05) is 31.4 Å². The van der Waals surface area contributed by atoms with Gasteiger partial charge in [0.25, 0.3) is 0 Å². The lowest BCUT2D eigenvalue weighted by molar-refractivity contribution is -0.141. The average molecular weight is 588 g/mol. The Morgan fingerprint density at radius 1 is 1.02 bits per heavy atom. The molecule has 1 aliphatic carbocycles. The molecule has 0 spiro atoms. The molecule has 1 aliphatic heterocycles. The van der Waals surface area contributed by atoms with Gasteiger partial charge >= 0.3 is 0 Å². The van der Waals surface area contributed by atoms with Gasteiger partial charge in [0.15, 0.2) is 11.5 Å². The zero-order valence-corrected chi connectivity index (χ0v) is 25.0. The van der Waals surface area contributed by atoms with Gasteiger partial charge in [0.1, 0.15) is 25.0 Å². The van der Waals surface area contributed by atoms with E-state index in [1.165, 1.54) is 10.7 Å². The first-order chi connectivity index (χ1) is 19.7. The first kappa shape index (κ1) is 30.5. The molecule has 2 aromatic carbocycles. The molecule has 41 heavy (non-hydrogen) atoms. The third-order valence-corrected chi connectivity index (χ3v) is 8.79. The van der Waals surface area contributed by atoms with Crippen LogP contribution in [0.25, 0.3) is 0 Å². The first-order valence-corrected chi connectivity index (χ1v) is 16.1. The minimum atomic E-state index is -3.63. The monoisotopic (exact) mass is 587 g/mol. The molecule has 1 atom stereocenters. The highest BCUT2D eigenvalue weighted by Crippen LogP contribution is 2.35. The number of benzene rings is 2. The Morgan fingerprint density at radius 3 is 2.37 bits per heavy atom. The Hall–Kier alpha value is -3.47. The standard InChI is InChI=1S/C30H41N3O7S/c1-22(30(35)31-24-8-5-4-6-9-24)32(21-23-11-14-26(38-2)15-12-23)29(34)10-7-17-33(41(3,36)37)25-13-16-27-28(20-25)40-19-18-39-27/h11-16,20,22,24H,4-10,17-19,21H2,1-3H3,(H,31,35)/t22-/m1/s1. The molecule has 0 unspecified atom stereocenters. The topological polar surface area (TPSA) is 114 Å². The molecule has 2 aliphatic rings. The van der Waals surface area contributed by atoms with Crippen molar-refractivity contribution in [3.05, 3.63) is 48.0 Å². The third kappa shape index (κ3) is 8.28. The molecular formula is C30H41N3O7S. The maximum absolute atomic E-state index is 13.6. The summed E-state index contributed by atoms with van der Waals surface area (Å²) in [5, 5.41) is 3.14. The van der Waals surface area contributed by atoms with Gasteiger partial charge in [0, 0.05) is 31.6 Å². The molecule has 224 valence electrons. The van der Waals surface area contributed by atoms with E-state index in [4.69, 9.17) is 14.2 Å². The van der Waals surface area contributed by atoms with Crippen LogP contribution in [0.3, 0.4) is 0 Å². The molecule has 4 rings (SSSR count). The van der Waals surface area contributed by atoms with Gasteiger partial charge in [-0.05, 0) is 56.0 Å². The van der Waals surface area contributed by atoms with Crippen LogP contribution in [0.4, 0.5) is 5.69 Å². The van der Waals surface area contributed by atoms with Crippen LogP contribution in [-0.2, 0) is 26.2 Å². The van der Waals surface area contributed by atoms with Gasteiger partial charge in [0.2, 0.25) is 21.8 Å². The number of carbonyl (C=O) groups excluding carboxylic acids is 2.